The highest BCUT2D eigenvalue weighted by Gasteiger charge is 2.59. The summed E-state index contributed by atoms with van der Waals surface area (Å²) in [6.45, 7) is 7.35. The van der Waals surface area contributed by atoms with Crippen LogP contribution in [0.15, 0.2) is 42.5 Å². The SMILES string of the molecule is COc1ccccc1C1CCN(c2nc(C3(C(F)(F)F)CCCC3)nc3ccc(CNCCN4CCOCC4)cc23)CC1. The molecule has 0 bridgehead atoms. The van der Waals surface area contributed by atoms with Crippen LogP contribution >= 0.6 is 0 Å². The van der Waals surface area contributed by atoms with E-state index >= 15 is 0 Å². The number of ether oxygens (including phenoxy) is 2. The van der Waals surface area contributed by atoms with Crippen molar-refractivity contribution in [2.75, 3.05) is 64.5 Å². The predicted molar refractivity (Wildman–Crippen MR) is 162 cm³/mol. The van der Waals surface area contributed by atoms with E-state index in [0.29, 0.717) is 49.7 Å². The molecular weight excluding hydrogens is 555 g/mol. The van der Waals surface area contributed by atoms with E-state index in [1.165, 1.54) is 5.56 Å². The third-order valence-corrected chi connectivity index (χ3v) is 9.58. The van der Waals surface area contributed by atoms with Gasteiger partial charge in [0.25, 0.3) is 0 Å². The molecule has 2 aliphatic heterocycles. The van der Waals surface area contributed by atoms with E-state index in [9.17, 15) is 13.2 Å². The molecule has 1 saturated carbocycles. The molecule has 1 aromatic heterocycles. The average Bonchev–Trinajstić information content (AvgIpc) is 3.55. The third-order valence-electron chi connectivity index (χ3n) is 9.58. The van der Waals surface area contributed by atoms with Gasteiger partial charge in [-0.05, 0) is 60.9 Å². The first kappa shape index (κ1) is 30.1. The summed E-state index contributed by atoms with van der Waals surface area (Å²) in [7, 11) is 1.69. The van der Waals surface area contributed by atoms with Crippen molar-refractivity contribution in [3.8, 4) is 5.75 Å². The molecule has 0 radical (unpaired) electrons. The van der Waals surface area contributed by atoms with Crippen LogP contribution in [0.1, 0.15) is 61.4 Å². The summed E-state index contributed by atoms with van der Waals surface area (Å²) in [5.41, 5.74) is 0.859. The average molecular weight is 598 g/mol. The smallest absolute Gasteiger partial charge is 0.401 e. The highest BCUT2D eigenvalue weighted by molar-refractivity contribution is 5.90. The molecule has 3 fully saturated rings. The second-order valence-electron chi connectivity index (χ2n) is 12.1. The largest absolute Gasteiger partial charge is 0.496 e. The molecule has 43 heavy (non-hydrogen) atoms. The first-order valence-electron chi connectivity index (χ1n) is 15.6. The van der Waals surface area contributed by atoms with Crippen molar-refractivity contribution in [2.24, 2.45) is 0 Å². The van der Waals surface area contributed by atoms with E-state index in [1.807, 2.05) is 30.3 Å². The lowest BCUT2D eigenvalue weighted by molar-refractivity contribution is -0.191. The molecule has 6 rings (SSSR count). The molecule has 3 aliphatic rings. The molecule has 0 amide bonds. The zero-order valence-electron chi connectivity index (χ0n) is 25.0. The zero-order valence-corrected chi connectivity index (χ0v) is 25.0. The molecule has 1 N–H and O–H groups in total. The lowest BCUT2D eigenvalue weighted by atomic mass is 9.84. The Bertz CT molecular complexity index is 1380. The number of fused-ring (bicyclic) bond motifs is 1. The number of piperidine rings is 1. The van der Waals surface area contributed by atoms with E-state index in [-0.39, 0.29) is 18.7 Å². The van der Waals surface area contributed by atoms with Gasteiger partial charge in [0.05, 0.1) is 25.8 Å². The maximum atomic E-state index is 14.6. The number of methoxy groups -OCH3 is 1. The summed E-state index contributed by atoms with van der Waals surface area (Å²) in [5.74, 6) is 1.77. The molecule has 7 nitrogen and oxygen atoms in total. The minimum Gasteiger partial charge on any atom is -0.496 e. The maximum absolute atomic E-state index is 14.6. The first-order valence-corrected chi connectivity index (χ1v) is 15.6. The topological polar surface area (TPSA) is 62.8 Å². The molecule has 2 saturated heterocycles. The number of hydrogen-bond donors (Lipinski definition) is 1. The van der Waals surface area contributed by atoms with Crippen molar-refractivity contribution in [2.45, 2.75) is 62.6 Å². The van der Waals surface area contributed by atoms with Crippen LogP contribution in [0.3, 0.4) is 0 Å². The number of alkyl halides is 3. The molecule has 0 atom stereocenters. The molecule has 232 valence electrons. The standard InChI is InChI=1S/C33H42F3N5O2/c1-42-29-7-3-2-6-26(29)25-10-15-41(16-11-25)30-27-22-24(23-37-14-17-40-18-20-43-21-19-40)8-9-28(27)38-31(39-30)32(33(34,35)36)12-4-5-13-32/h2-3,6-9,22,25,37H,4-5,10-21,23H2,1H3. The number of hydrogen-bond acceptors (Lipinski definition) is 7. The fourth-order valence-electron chi connectivity index (χ4n) is 7.04. The Balaban J connectivity index is 1.27. The first-order chi connectivity index (χ1) is 20.9. The summed E-state index contributed by atoms with van der Waals surface area (Å²) >= 11 is 0. The minimum atomic E-state index is -4.39. The van der Waals surface area contributed by atoms with Crippen LogP contribution in [0.5, 0.6) is 5.75 Å². The Labute approximate surface area is 251 Å². The molecule has 0 unspecified atom stereocenters. The van der Waals surface area contributed by atoms with Gasteiger partial charge in [0.2, 0.25) is 0 Å². The molecule has 10 heteroatoms. The number of anilines is 1. The highest BCUT2D eigenvalue weighted by Crippen LogP contribution is 2.52. The minimum absolute atomic E-state index is 0.0441. The summed E-state index contributed by atoms with van der Waals surface area (Å²) in [4.78, 5) is 14.0. The van der Waals surface area contributed by atoms with E-state index in [1.54, 1.807) is 7.11 Å². The fraction of sp³-hybridized carbons (Fsp3) is 0.576. The van der Waals surface area contributed by atoms with Crippen LogP contribution in [0.4, 0.5) is 19.0 Å². The van der Waals surface area contributed by atoms with Gasteiger partial charge in [-0.1, -0.05) is 37.1 Å². The predicted octanol–water partition coefficient (Wildman–Crippen LogP) is 5.82. The number of benzene rings is 2. The van der Waals surface area contributed by atoms with Gasteiger partial charge in [-0.25, -0.2) is 9.97 Å². The van der Waals surface area contributed by atoms with Crippen molar-refractivity contribution in [1.29, 1.82) is 0 Å². The van der Waals surface area contributed by atoms with Crippen molar-refractivity contribution in [3.05, 3.63) is 59.4 Å². The molecule has 0 spiro atoms. The quantitative estimate of drug-likeness (QED) is 0.312. The van der Waals surface area contributed by atoms with Gasteiger partial charge in [-0.2, -0.15) is 13.2 Å². The third kappa shape index (κ3) is 6.33. The number of para-hydroxylation sites is 1. The molecular formula is C33H42F3N5O2. The van der Waals surface area contributed by atoms with Gasteiger partial charge in [0, 0.05) is 51.2 Å². The zero-order chi connectivity index (χ0) is 29.9. The van der Waals surface area contributed by atoms with Crippen LogP contribution in [-0.4, -0.2) is 80.6 Å². The highest BCUT2D eigenvalue weighted by atomic mass is 19.4. The monoisotopic (exact) mass is 597 g/mol. The molecule has 1 aliphatic carbocycles. The van der Waals surface area contributed by atoms with Gasteiger partial charge in [-0.15, -0.1) is 0 Å². The van der Waals surface area contributed by atoms with Gasteiger partial charge in [0.1, 0.15) is 22.8 Å². The number of nitrogens with zero attached hydrogens (tertiary/aromatic N) is 4. The second kappa shape index (κ2) is 13.0. The number of morpholine rings is 1. The summed E-state index contributed by atoms with van der Waals surface area (Å²) in [5, 5.41) is 4.35. The van der Waals surface area contributed by atoms with E-state index in [4.69, 9.17) is 14.5 Å². The van der Waals surface area contributed by atoms with Gasteiger partial charge in [0.15, 0.2) is 0 Å². The second-order valence-corrected chi connectivity index (χ2v) is 12.1. The Morgan fingerprint density at radius 2 is 1.74 bits per heavy atom. The number of aromatic nitrogens is 2. The maximum Gasteiger partial charge on any atom is 0.401 e. The Hall–Kier alpha value is -2.95. The van der Waals surface area contributed by atoms with Gasteiger partial charge >= 0.3 is 6.18 Å². The Kier molecular flexibility index (Phi) is 9.07. The van der Waals surface area contributed by atoms with Crippen LogP contribution in [0, 0.1) is 0 Å². The van der Waals surface area contributed by atoms with Gasteiger partial charge in [-0.3, -0.25) is 4.90 Å². The lowest BCUT2D eigenvalue weighted by Crippen LogP contribution is -2.42. The van der Waals surface area contributed by atoms with Crippen LogP contribution < -0.4 is 15.0 Å². The van der Waals surface area contributed by atoms with Crippen molar-refractivity contribution < 1.29 is 22.6 Å². The van der Waals surface area contributed by atoms with Gasteiger partial charge < -0.3 is 19.7 Å². The lowest BCUT2D eigenvalue weighted by Gasteiger charge is -2.36. The number of nitrogens with one attached hydrogen (secondary N) is 1. The van der Waals surface area contributed by atoms with E-state index in [0.717, 1.165) is 68.9 Å². The summed E-state index contributed by atoms with van der Waals surface area (Å²) < 4.78 is 55.0. The molecule has 3 heterocycles. The van der Waals surface area contributed by atoms with Crippen molar-refractivity contribution in [3.63, 3.8) is 0 Å². The van der Waals surface area contributed by atoms with Crippen LogP contribution in [0.25, 0.3) is 10.9 Å². The van der Waals surface area contributed by atoms with E-state index in [2.05, 4.69) is 32.2 Å². The van der Waals surface area contributed by atoms with Crippen molar-refractivity contribution in [1.82, 2.24) is 20.2 Å². The normalized spacial score (nSPS) is 20.1. The molecule has 3 aromatic rings. The summed E-state index contributed by atoms with van der Waals surface area (Å²) in [6.07, 6.45) is -1.49. The van der Waals surface area contributed by atoms with Crippen LogP contribution in [0.2, 0.25) is 0 Å². The van der Waals surface area contributed by atoms with Crippen LogP contribution in [-0.2, 0) is 16.7 Å². The Morgan fingerprint density at radius 1 is 1.00 bits per heavy atom. The summed E-state index contributed by atoms with van der Waals surface area (Å²) in [6, 6.07) is 14.0. The number of halogens is 3. The Morgan fingerprint density at radius 3 is 2.47 bits per heavy atom. The van der Waals surface area contributed by atoms with E-state index < -0.39 is 11.6 Å². The van der Waals surface area contributed by atoms with Crippen molar-refractivity contribution >= 4 is 16.7 Å². The number of rotatable bonds is 9. The fourth-order valence-corrected chi connectivity index (χ4v) is 7.04. The molecule has 2 aromatic carbocycles.